The lowest BCUT2D eigenvalue weighted by molar-refractivity contribution is -0.145. The van der Waals surface area contributed by atoms with E-state index in [1.807, 2.05) is 38.1 Å². The largest absolute Gasteiger partial charge is 0.497 e. The maximum Gasteiger partial charge on any atom is 0.313 e. The Labute approximate surface area is 96.4 Å². The van der Waals surface area contributed by atoms with Gasteiger partial charge in [0.15, 0.2) is 0 Å². The fraction of sp³-hybridized carbons (Fsp3) is 0.462. The first kappa shape index (κ1) is 12.6. The molecule has 0 aliphatic rings. The molecule has 0 radical (unpaired) electrons. The lowest BCUT2D eigenvalue weighted by atomic mass is 9.96. The first-order valence-corrected chi connectivity index (χ1v) is 5.53. The molecule has 1 aromatic carbocycles. The van der Waals surface area contributed by atoms with E-state index >= 15 is 0 Å². The second kappa shape index (κ2) is 6.16. The van der Waals surface area contributed by atoms with Gasteiger partial charge in [0, 0.05) is 0 Å². The van der Waals surface area contributed by atoms with Gasteiger partial charge < -0.3 is 9.47 Å². The summed E-state index contributed by atoms with van der Waals surface area (Å²) in [6.45, 7) is 4.20. The SMILES string of the molecule is CCOC(=O)C(CC)c1cccc(OC)c1. The maximum absolute atomic E-state index is 11.7. The van der Waals surface area contributed by atoms with Crippen molar-refractivity contribution in [1.29, 1.82) is 0 Å². The quantitative estimate of drug-likeness (QED) is 0.719. The summed E-state index contributed by atoms with van der Waals surface area (Å²) in [4.78, 5) is 11.7. The molecular formula is C13H18O3. The van der Waals surface area contributed by atoms with E-state index < -0.39 is 0 Å². The van der Waals surface area contributed by atoms with E-state index in [-0.39, 0.29) is 11.9 Å². The minimum Gasteiger partial charge on any atom is -0.497 e. The van der Waals surface area contributed by atoms with Crippen molar-refractivity contribution in [3.05, 3.63) is 29.8 Å². The summed E-state index contributed by atoms with van der Waals surface area (Å²) in [6.07, 6.45) is 0.728. The van der Waals surface area contributed by atoms with Crippen LogP contribution in [0.2, 0.25) is 0 Å². The van der Waals surface area contributed by atoms with Gasteiger partial charge in [0.1, 0.15) is 5.75 Å². The molecule has 1 aromatic rings. The third kappa shape index (κ3) is 2.99. The summed E-state index contributed by atoms with van der Waals surface area (Å²) >= 11 is 0. The summed E-state index contributed by atoms with van der Waals surface area (Å²) in [5.41, 5.74) is 0.945. The van der Waals surface area contributed by atoms with Crippen molar-refractivity contribution < 1.29 is 14.3 Å². The van der Waals surface area contributed by atoms with Gasteiger partial charge in [0.05, 0.1) is 19.6 Å². The topological polar surface area (TPSA) is 35.5 Å². The third-order valence-corrected chi connectivity index (χ3v) is 2.48. The van der Waals surface area contributed by atoms with Crippen LogP contribution >= 0.6 is 0 Å². The molecule has 0 saturated heterocycles. The zero-order valence-corrected chi connectivity index (χ0v) is 10.0. The molecule has 16 heavy (non-hydrogen) atoms. The Morgan fingerprint density at radius 1 is 1.38 bits per heavy atom. The zero-order chi connectivity index (χ0) is 12.0. The van der Waals surface area contributed by atoms with Crippen LogP contribution in [0.4, 0.5) is 0 Å². The monoisotopic (exact) mass is 222 g/mol. The van der Waals surface area contributed by atoms with Crippen molar-refractivity contribution in [1.82, 2.24) is 0 Å². The van der Waals surface area contributed by atoms with Crippen molar-refractivity contribution in [2.45, 2.75) is 26.2 Å². The molecule has 0 fully saturated rings. The lowest BCUT2D eigenvalue weighted by Crippen LogP contribution is -2.15. The average Bonchev–Trinajstić information content (AvgIpc) is 2.31. The van der Waals surface area contributed by atoms with Gasteiger partial charge in [0.25, 0.3) is 0 Å². The van der Waals surface area contributed by atoms with E-state index in [9.17, 15) is 4.79 Å². The highest BCUT2D eigenvalue weighted by atomic mass is 16.5. The van der Waals surface area contributed by atoms with Crippen molar-refractivity contribution in [3.63, 3.8) is 0 Å². The van der Waals surface area contributed by atoms with Gasteiger partial charge >= 0.3 is 5.97 Å². The number of benzene rings is 1. The van der Waals surface area contributed by atoms with Crippen LogP contribution < -0.4 is 4.74 Å². The van der Waals surface area contributed by atoms with Gasteiger partial charge in [-0.3, -0.25) is 4.79 Å². The molecule has 1 rings (SSSR count). The van der Waals surface area contributed by atoms with Crippen molar-refractivity contribution >= 4 is 5.97 Å². The van der Waals surface area contributed by atoms with Crippen molar-refractivity contribution in [2.75, 3.05) is 13.7 Å². The van der Waals surface area contributed by atoms with Crippen molar-refractivity contribution in [3.8, 4) is 5.75 Å². The van der Waals surface area contributed by atoms with E-state index in [1.165, 1.54) is 0 Å². The second-order valence-corrected chi connectivity index (χ2v) is 3.49. The van der Waals surface area contributed by atoms with Gasteiger partial charge in [-0.25, -0.2) is 0 Å². The molecule has 1 atom stereocenters. The molecule has 0 saturated carbocycles. The van der Waals surface area contributed by atoms with Gasteiger partial charge in [-0.05, 0) is 31.0 Å². The number of carbonyl (C=O) groups is 1. The van der Waals surface area contributed by atoms with E-state index in [0.29, 0.717) is 6.61 Å². The number of methoxy groups -OCH3 is 1. The fourth-order valence-electron chi connectivity index (χ4n) is 1.64. The standard InChI is InChI=1S/C13H18O3/c1-4-12(13(14)16-5-2)10-7-6-8-11(9-10)15-3/h6-9,12H,4-5H2,1-3H3. The highest BCUT2D eigenvalue weighted by molar-refractivity contribution is 5.78. The molecule has 0 N–H and O–H groups in total. The highest BCUT2D eigenvalue weighted by Crippen LogP contribution is 2.24. The molecule has 0 heterocycles. The normalized spacial score (nSPS) is 11.9. The van der Waals surface area contributed by atoms with Crippen LogP contribution in [0.3, 0.4) is 0 Å². The molecule has 0 bridgehead atoms. The first-order chi connectivity index (χ1) is 7.72. The van der Waals surface area contributed by atoms with Crippen LogP contribution in [0.1, 0.15) is 31.7 Å². The fourth-order valence-corrected chi connectivity index (χ4v) is 1.64. The van der Waals surface area contributed by atoms with E-state index in [2.05, 4.69) is 0 Å². The van der Waals surface area contributed by atoms with Crippen molar-refractivity contribution in [2.24, 2.45) is 0 Å². The Bertz CT molecular complexity index is 347. The summed E-state index contributed by atoms with van der Waals surface area (Å²) < 4.78 is 10.2. The van der Waals surface area contributed by atoms with Crippen LogP contribution in [0.25, 0.3) is 0 Å². The molecule has 3 heteroatoms. The molecule has 0 spiro atoms. The number of carbonyl (C=O) groups excluding carboxylic acids is 1. The van der Waals surface area contributed by atoms with Crippen LogP contribution in [-0.4, -0.2) is 19.7 Å². The van der Waals surface area contributed by atoms with Crippen LogP contribution in [0, 0.1) is 0 Å². The molecule has 88 valence electrons. The van der Waals surface area contributed by atoms with Gasteiger partial charge in [-0.1, -0.05) is 19.1 Å². The first-order valence-electron chi connectivity index (χ1n) is 5.53. The average molecular weight is 222 g/mol. The Balaban J connectivity index is 2.89. The minimum absolute atomic E-state index is 0.168. The van der Waals surface area contributed by atoms with Gasteiger partial charge in [-0.2, -0.15) is 0 Å². The second-order valence-electron chi connectivity index (χ2n) is 3.49. The van der Waals surface area contributed by atoms with Gasteiger partial charge in [-0.15, -0.1) is 0 Å². The maximum atomic E-state index is 11.7. The Kier molecular flexibility index (Phi) is 4.83. The predicted octanol–water partition coefficient (Wildman–Crippen LogP) is 2.75. The van der Waals surface area contributed by atoms with Gasteiger partial charge in [0.2, 0.25) is 0 Å². The number of rotatable bonds is 5. The predicted molar refractivity (Wildman–Crippen MR) is 62.7 cm³/mol. The summed E-state index contributed by atoms with van der Waals surface area (Å²) in [7, 11) is 1.62. The summed E-state index contributed by atoms with van der Waals surface area (Å²) in [6, 6.07) is 7.55. The summed E-state index contributed by atoms with van der Waals surface area (Å²) in [5.74, 6) is 0.397. The molecule has 0 aliphatic heterocycles. The molecule has 0 aromatic heterocycles. The summed E-state index contributed by atoms with van der Waals surface area (Å²) in [5, 5.41) is 0. The number of hydrogen-bond donors (Lipinski definition) is 0. The van der Waals surface area contributed by atoms with Crippen LogP contribution in [0.15, 0.2) is 24.3 Å². The van der Waals surface area contributed by atoms with E-state index in [4.69, 9.17) is 9.47 Å². The number of ether oxygens (including phenoxy) is 2. The lowest BCUT2D eigenvalue weighted by Gasteiger charge is -2.14. The molecular weight excluding hydrogens is 204 g/mol. The Hall–Kier alpha value is -1.51. The zero-order valence-electron chi connectivity index (χ0n) is 10.0. The molecule has 1 unspecified atom stereocenters. The third-order valence-electron chi connectivity index (χ3n) is 2.48. The highest BCUT2D eigenvalue weighted by Gasteiger charge is 2.19. The number of hydrogen-bond acceptors (Lipinski definition) is 3. The minimum atomic E-state index is -0.199. The van der Waals surface area contributed by atoms with Crippen LogP contribution in [0.5, 0.6) is 5.75 Å². The number of esters is 1. The Morgan fingerprint density at radius 2 is 2.12 bits per heavy atom. The molecule has 0 amide bonds. The van der Waals surface area contributed by atoms with Crippen LogP contribution in [-0.2, 0) is 9.53 Å². The Morgan fingerprint density at radius 3 is 2.69 bits per heavy atom. The smallest absolute Gasteiger partial charge is 0.313 e. The molecule has 0 aliphatic carbocycles. The van der Waals surface area contributed by atoms with E-state index in [1.54, 1.807) is 7.11 Å². The van der Waals surface area contributed by atoms with E-state index in [0.717, 1.165) is 17.7 Å². The molecule has 3 nitrogen and oxygen atoms in total.